The highest BCUT2D eigenvalue weighted by atomic mass is 19.1. The van der Waals surface area contributed by atoms with Gasteiger partial charge in [0.25, 0.3) is 0 Å². The fourth-order valence-electron chi connectivity index (χ4n) is 3.01. The Kier molecular flexibility index (Phi) is 5.11. The number of carbonyl (C=O) groups excluding carboxylic acids is 1. The molecule has 24 heavy (non-hydrogen) atoms. The average molecular weight is 328 g/mol. The second-order valence-electron chi connectivity index (χ2n) is 5.88. The van der Waals surface area contributed by atoms with Gasteiger partial charge in [-0.15, -0.1) is 0 Å². The summed E-state index contributed by atoms with van der Waals surface area (Å²) in [6, 6.07) is 13.9. The van der Waals surface area contributed by atoms with E-state index in [0.717, 1.165) is 30.0 Å². The van der Waals surface area contributed by atoms with Crippen molar-refractivity contribution in [2.75, 3.05) is 26.7 Å². The van der Waals surface area contributed by atoms with Crippen LogP contribution >= 0.6 is 0 Å². The van der Waals surface area contributed by atoms with E-state index in [1.807, 2.05) is 29.2 Å². The van der Waals surface area contributed by atoms with Gasteiger partial charge in [-0.1, -0.05) is 24.3 Å². The molecule has 0 bridgehead atoms. The molecule has 1 N–H and O–H groups in total. The molecule has 0 radical (unpaired) electrons. The van der Waals surface area contributed by atoms with E-state index >= 15 is 0 Å². The van der Waals surface area contributed by atoms with Gasteiger partial charge < -0.3 is 15.0 Å². The molecule has 5 heteroatoms. The van der Waals surface area contributed by atoms with Crippen molar-refractivity contribution in [1.82, 2.24) is 10.2 Å². The standard InChI is InChI=1S/C19H21FN2O2/c1-24-17-8-4-15(5-9-17)18-13-21-10-11-22(18)19(23)12-14-2-6-16(20)7-3-14/h2-9,18,21H,10-13H2,1H3. The van der Waals surface area contributed by atoms with Crippen LogP contribution in [0, 0.1) is 5.82 Å². The largest absolute Gasteiger partial charge is 0.497 e. The summed E-state index contributed by atoms with van der Waals surface area (Å²) in [5.41, 5.74) is 1.91. The van der Waals surface area contributed by atoms with Gasteiger partial charge in [0.05, 0.1) is 19.6 Å². The van der Waals surface area contributed by atoms with E-state index < -0.39 is 0 Å². The number of methoxy groups -OCH3 is 1. The summed E-state index contributed by atoms with van der Waals surface area (Å²) in [4.78, 5) is 14.6. The second-order valence-corrected chi connectivity index (χ2v) is 5.88. The minimum absolute atomic E-state index is 0.00222. The van der Waals surface area contributed by atoms with Crippen molar-refractivity contribution in [2.45, 2.75) is 12.5 Å². The van der Waals surface area contributed by atoms with Crippen LogP contribution < -0.4 is 10.1 Å². The Morgan fingerprint density at radius 1 is 1.21 bits per heavy atom. The van der Waals surface area contributed by atoms with Gasteiger partial charge in [0.2, 0.25) is 5.91 Å². The smallest absolute Gasteiger partial charge is 0.227 e. The maximum atomic E-state index is 13.0. The highest BCUT2D eigenvalue weighted by Gasteiger charge is 2.27. The van der Waals surface area contributed by atoms with Crippen LogP contribution in [-0.2, 0) is 11.2 Å². The van der Waals surface area contributed by atoms with Gasteiger partial charge in [0.15, 0.2) is 0 Å². The van der Waals surface area contributed by atoms with Crippen LogP contribution in [0.4, 0.5) is 4.39 Å². The first kappa shape index (κ1) is 16.5. The van der Waals surface area contributed by atoms with E-state index in [1.54, 1.807) is 19.2 Å². The van der Waals surface area contributed by atoms with Gasteiger partial charge in [0, 0.05) is 19.6 Å². The van der Waals surface area contributed by atoms with E-state index in [1.165, 1.54) is 12.1 Å². The number of amides is 1. The fraction of sp³-hybridized carbons (Fsp3) is 0.316. The third-order valence-electron chi connectivity index (χ3n) is 4.33. The van der Waals surface area contributed by atoms with Crippen molar-refractivity contribution in [3.63, 3.8) is 0 Å². The summed E-state index contributed by atoms with van der Waals surface area (Å²) < 4.78 is 18.2. The van der Waals surface area contributed by atoms with Gasteiger partial charge in [0.1, 0.15) is 11.6 Å². The third-order valence-corrected chi connectivity index (χ3v) is 4.33. The molecule has 0 aliphatic carbocycles. The van der Waals surface area contributed by atoms with Gasteiger partial charge in [-0.2, -0.15) is 0 Å². The molecule has 1 unspecified atom stereocenters. The zero-order valence-electron chi connectivity index (χ0n) is 13.7. The summed E-state index contributed by atoms with van der Waals surface area (Å²) in [6.07, 6.45) is 0.285. The fourth-order valence-corrected chi connectivity index (χ4v) is 3.01. The molecule has 1 atom stereocenters. The van der Waals surface area contributed by atoms with E-state index in [0.29, 0.717) is 6.54 Å². The van der Waals surface area contributed by atoms with E-state index in [4.69, 9.17) is 4.74 Å². The summed E-state index contributed by atoms with van der Waals surface area (Å²) >= 11 is 0. The summed E-state index contributed by atoms with van der Waals surface area (Å²) in [5.74, 6) is 0.570. The normalized spacial score (nSPS) is 17.6. The van der Waals surface area contributed by atoms with Gasteiger partial charge in [-0.05, 0) is 35.4 Å². The molecular weight excluding hydrogens is 307 g/mol. The topological polar surface area (TPSA) is 41.6 Å². The van der Waals surface area contributed by atoms with Crippen molar-refractivity contribution in [3.8, 4) is 5.75 Å². The lowest BCUT2D eigenvalue weighted by atomic mass is 10.0. The first-order chi connectivity index (χ1) is 11.7. The quantitative estimate of drug-likeness (QED) is 0.938. The minimum atomic E-state index is -0.288. The molecule has 0 saturated carbocycles. The molecule has 1 fully saturated rings. The van der Waals surface area contributed by atoms with Crippen LogP contribution in [0.5, 0.6) is 5.75 Å². The summed E-state index contributed by atoms with van der Waals surface area (Å²) in [7, 11) is 1.63. The zero-order valence-corrected chi connectivity index (χ0v) is 13.7. The Morgan fingerprint density at radius 2 is 1.92 bits per heavy atom. The van der Waals surface area contributed by atoms with Gasteiger partial charge in [-0.25, -0.2) is 4.39 Å². The lowest BCUT2D eigenvalue weighted by Crippen LogP contribution is -2.49. The number of halogens is 1. The van der Waals surface area contributed by atoms with Crippen molar-refractivity contribution in [3.05, 3.63) is 65.5 Å². The molecule has 1 aliphatic heterocycles. The lowest BCUT2D eigenvalue weighted by Gasteiger charge is -2.36. The van der Waals surface area contributed by atoms with E-state index in [9.17, 15) is 9.18 Å². The average Bonchev–Trinajstić information content (AvgIpc) is 2.63. The third kappa shape index (κ3) is 3.74. The molecule has 2 aromatic carbocycles. The highest BCUT2D eigenvalue weighted by molar-refractivity contribution is 5.79. The monoisotopic (exact) mass is 328 g/mol. The molecule has 126 valence electrons. The van der Waals surface area contributed by atoms with Crippen LogP contribution in [0.25, 0.3) is 0 Å². The first-order valence-electron chi connectivity index (χ1n) is 8.06. The van der Waals surface area contributed by atoms with E-state index in [-0.39, 0.29) is 24.2 Å². The van der Waals surface area contributed by atoms with Crippen LogP contribution in [0.1, 0.15) is 17.2 Å². The number of ether oxygens (including phenoxy) is 1. The van der Waals surface area contributed by atoms with Crippen molar-refractivity contribution < 1.29 is 13.9 Å². The summed E-state index contributed by atoms with van der Waals surface area (Å²) in [5, 5.41) is 3.34. The predicted molar refractivity (Wildman–Crippen MR) is 90.4 cm³/mol. The Bertz CT molecular complexity index is 686. The van der Waals surface area contributed by atoms with Gasteiger partial charge >= 0.3 is 0 Å². The molecule has 4 nitrogen and oxygen atoms in total. The number of nitrogens with one attached hydrogen (secondary N) is 1. The molecular formula is C19H21FN2O2. The molecule has 2 aromatic rings. The Hall–Kier alpha value is -2.40. The Balaban J connectivity index is 1.75. The number of rotatable bonds is 4. The van der Waals surface area contributed by atoms with Crippen LogP contribution in [0.3, 0.4) is 0 Å². The number of benzene rings is 2. The SMILES string of the molecule is COc1ccc(C2CNCCN2C(=O)Cc2ccc(F)cc2)cc1. The second kappa shape index (κ2) is 7.45. The number of hydrogen-bond acceptors (Lipinski definition) is 3. The number of hydrogen-bond donors (Lipinski definition) is 1. The molecule has 1 saturated heterocycles. The lowest BCUT2D eigenvalue weighted by molar-refractivity contribution is -0.133. The molecule has 1 amide bonds. The van der Waals surface area contributed by atoms with Crippen molar-refractivity contribution in [2.24, 2.45) is 0 Å². The van der Waals surface area contributed by atoms with Crippen LogP contribution in [-0.4, -0.2) is 37.6 Å². The predicted octanol–water partition coefficient (Wildman–Crippen LogP) is 2.55. The van der Waals surface area contributed by atoms with Crippen molar-refractivity contribution >= 4 is 5.91 Å². The molecule has 0 spiro atoms. The number of piperazine rings is 1. The Morgan fingerprint density at radius 3 is 2.58 bits per heavy atom. The molecule has 0 aromatic heterocycles. The van der Waals surface area contributed by atoms with Gasteiger partial charge in [-0.3, -0.25) is 4.79 Å². The molecule has 1 heterocycles. The van der Waals surface area contributed by atoms with Crippen LogP contribution in [0.15, 0.2) is 48.5 Å². The number of carbonyl (C=O) groups is 1. The zero-order chi connectivity index (χ0) is 16.9. The molecule has 1 aliphatic rings. The van der Waals surface area contributed by atoms with E-state index in [2.05, 4.69) is 5.32 Å². The van der Waals surface area contributed by atoms with Crippen molar-refractivity contribution in [1.29, 1.82) is 0 Å². The molecule has 3 rings (SSSR count). The maximum Gasteiger partial charge on any atom is 0.227 e. The Labute approximate surface area is 141 Å². The van der Waals surface area contributed by atoms with Crippen LogP contribution in [0.2, 0.25) is 0 Å². The highest BCUT2D eigenvalue weighted by Crippen LogP contribution is 2.25. The minimum Gasteiger partial charge on any atom is -0.497 e. The first-order valence-corrected chi connectivity index (χ1v) is 8.06. The summed E-state index contributed by atoms with van der Waals surface area (Å²) in [6.45, 7) is 2.17. The number of nitrogens with zero attached hydrogens (tertiary/aromatic N) is 1. The maximum absolute atomic E-state index is 13.0.